The quantitative estimate of drug-likeness (QED) is 0.717. The number of hydrogen-bond donors (Lipinski definition) is 1. The highest BCUT2D eigenvalue weighted by Crippen LogP contribution is 2.38. The van der Waals surface area contributed by atoms with E-state index in [4.69, 9.17) is 4.42 Å². The molecule has 3 heterocycles. The Bertz CT molecular complexity index is 960. The number of hydrogen-bond acceptors (Lipinski definition) is 5. The Morgan fingerprint density at radius 2 is 2.00 bits per heavy atom. The second-order valence-electron chi connectivity index (χ2n) is 6.37. The number of thioether (sulfide) groups is 1. The predicted molar refractivity (Wildman–Crippen MR) is 106 cm³/mol. The summed E-state index contributed by atoms with van der Waals surface area (Å²) in [5.41, 5.74) is 5.31. The van der Waals surface area contributed by atoms with E-state index in [2.05, 4.69) is 10.4 Å². The molecule has 6 nitrogen and oxygen atoms in total. The van der Waals surface area contributed by atoms with Gasteiger partial charge in [-0.2, -0.15) is 0 Å². The van der Waals surface area contributed by atoms with Crippen molar-refractivity contribution >= 4 is 23.6 Å². The molecule has 7 heteroatoms. The van der Waals surface area contributed by atoms with Crippen molar-refractivity contribution in [1.29, 1.82) is 0 Å². The van der Waals surface area contributed by atoms with Gasteiger partial charge < -0.3 is 4.42 Å². The lowest BCUT2D eigenvalue weighted by molar-refractivity contribution is -0.134. The van der Waals surface area contributed by atoms with Crippen molar-refractivity contribution in [2.45, 2.75) is 18.2 Å². The maximum atomic E-state index is 12.6. The van der Waals surface area contributed by atoms with Gasteiger partial charge >= 0.3 is 0 Å². The third kappa shape index (κ3) is 3.94. The van der Waals surface area contributed by atoms with Gasteiger partial charge in [0.1, 0.15) is 11.1 Å². The highest BCUT2D eigenvalue weighted by atomic mass is 32.2. The van der Waals surface area contributed by atoms with E-state index in [0.717, 1.165) is 16.9 Å². The van der Waals surface area contributed by atoms with Gasteiger partial charge in [0.2, 0.25) is 5.91 Å². The Balaban J connectivity index is 1.62. The van der Waals surface area contributed by atoms with Crippen LogP contribution in [0.1, 0.15) is 39.0 Å². The van der Waals surface area contributed by atoms with Crippen LogP contribution in [0.3, 0.4) is 0 Å². The van der Waals surface area contributed by atoms with Crippen LogP contribution < -0.4 is 5.43 Å². The number of hydrazine groups is 1. The highest BCUT2D eigenvalue weighted by molar-refractivity contribution is 7.99. The number of rotatable bonds is 5. The molecule has 142 valence electrons. The molecule has 3 aromatic rings. The first kappa shape index (κ1) is 18.3. The fraction of sp³-hybridized carbons (Fsp3) is 0.190. The molecule has 4 rings (SSSR count). The summed E-state index contributed by atoms with van der Waals surface area (Å²) >= 11 is 1.64. The van der Waals surface area contributed by atoms with Crippen LogP contribution in [0.15, 0.2) is 71.6 Å². The van der Waals surface area contributed by atoms with Gasteiger partial charge in [0, 0.05) is 36.6 Å². The molecular weight excluding hydrogens is 374 g/mol. The van der Waals surface area contributed by atoms with E-state index in [0.29, 0.717) is 24.2 Å². The molecule has 0 bridgehead atoms. The Kier molecular flexibility index (Phi) is 5.43. The topological polar surface area (TPSA) is 75.4 Å². The van der Waals surface area contributed by atoms with Crippen molar-refractivity contribution in [2.75, 3.05) is 5.75 Å². The van der Waals surface area contributed by atoms with Gasteiger partial charge in [0.25, 0.3) is 5.91 Å². The summed E-state index contributed by atoms with van der Waals surface area (Å²) in [5, 5.41) is 1.16. The van der Waals surface area contributed by atoms with Gasteiger partial charge in [-0.3, -0.25) is 20.0 Å². The predicted octanol–water partition coefficient (Wildman–Crippen LogP) is 3.57. The molecule has 1 fully saturated rings. The van der Waals surface area contributed by atoms with Crippen molar-refractivity contribution in [2.24, 2.45) is 0 Å². The second kappa shape index (κ2) is 8.31. The molecule has 1 N–H and O–H groups in total. The molecule has 0 aliphatic carbocycles. The van der Waals surface area contributed by atoms with Gasteiger partial charge in [-0.05, 0) is 35.4 Å². The number of aromatic nitrogens is 1. The molecule has 2 aromatic heterocycles. The van der Waals surface area contributed by atoms with Crippen LogP contribution in [0.5, 0.6) is 0 Å². The summed E-state index contributed by atoms with van der Waals surface area (Å²) in [6, 6.07) is 15.0. The van der Waals surface area contributed by atoms with Gasteiger partial charge in [0.15, 0.2) is 0 Å². The number of amides is 2. The summed E-state index contributed by atoms with van der Waals surface area (Å²) in [5.74, 6) is 1.14. The van der Waals surface area contributed by atoms with E-state index in [9.17, 15) is 9.59 Å². The summed E-state index contributed by atoms with van der Waals surface area (Å²) in [4.78, 5) is 29.2. The zero-order valence-corrected chi connectivity index (χ0v) is 15.9. The van der Waals surface area contributed by atoms with Crippen LogP contribution in [0.25, 0.3) is 0 Å². The summed E-state index contributed by atoms with van der Waals surface area (Å²) in [6.07, 6.45) is 5.77. The molecule has 0 radical (unpaired) electrons. The minimum atomic E-state index is -0.327. The van der Waals surface area contributed by atoms with Crippen molar-refractivity contribution in [1.82, 2.24) is 15.4 Å². The minimum Gasteiger partial charge on any atom is -0.469 e. The minimum absolute atomic E-state index is 0.0982. The number of carbonyl (C=O) groups is 2. The van der Waals surface area contributed by atoms with Crippen LogP contribution in [0, 0.1) is 0 Å². The van der Waals surface area contributed by atoms with Crippen LogP contribution >= 0.6 is 11.8 Å². The highest BCUT2D eigenvalue weighted by Gasteiger charge is 2.33. The average molecular weight is 393 g/mol. The Morgan fingerprint density at radius 3 is 2.79 bits per heavy atom. The smallest absolute Gasteiger partial charge is 0.270 e. The van der Waals surface area contributed by atoms with Gasteiger partial charge in [0.05, 0.1) is 6.26 Å². The fourth-order valence-electron chi connectivity index (χ4n) is 3.15. The molecule has 1 unspecified atom stereocenters. The van der Waals surface area contributed by atoms with Crippen LogP contribution in [0.2, 0.25) is 0 Å². The van der Waals surface area contributed by atoms with E-state index in [1.807, 2.05) is 36.4 Å². The normalized spacial score (nSPS) is 16.8. The molecule has 1 aliphatic rings. The largest absolute Gasteiger partial charge is 0.469 e. The first-order valence-corrected chi connectivity index (χ1v) is 10.0. The average Bonchev–Trinajstić information content (AvgIpc) is 3.24. The SMILES string of the molecule is O=C(NN1C(=O)CCSC1c1ccccc1Cc1ccco1)c1ccncc1. The summed E-state index contributed by atoms with van der Waals surface area (Å²) < 4.78 is 5.49. The second-order valence-corrected chi connectivity index (χ2v) is 7.56. The Hall–Kier alpha value is -3.06. The first-order valence-electron chi connectivity index (χ1n) is 8.97. The van der Waals surface area contributed by atoms with Crippen molar-refractivity contribution in [3.63, 3.8) is 0 Å². The number of nitrogens with zero attached hydrogens (tertiary/aromatic N) is 2. The Labute approximate surface area is 166 Å². The summed E-state index contributed by atoms with van der Waals surface area (Å²) in [6.45, 7) is 0. The zero-order valence-electron chi connectivity index (χ0n) is 15.1. The Morgan fingerprint density at radius 1 is 1.18 bits per heavy atom. The molecule has 0 saturated carbocycles. The number of nitrogens with one attached hydrogen (secondary N) is 1. The lowest BCUT2D eigenvalue weighted by atomic mass is 10.0. The number of benzene rings is 1. The van der Waals surface area contributed by atoms with Crippen molar-refractivity contribution in [3.05, 3.63) is 89.6 Å². The van der Waals surface area contributed by atoms with Crippen molar-refractivity contribution < 1.29 is 14.0 Å². The molecule has 1 atom stereocenters. The number of pyridine rings is 1. The monoisotopic (exact) mass is 393 g/mol. The van der Waals surface area contributed by atoms with Gasteiger partial charge in [-0.25, -0.2) is 5.01 Å². The summed E-state index contributed by atoms with van der Waals surface area (Å²) in [7, 11) is 0. The van der Waals surface area contributed by atoms with E-state index in [-0.39, 0.29) is 17.2 Å². The molecule has 0 spiro atoms. The van der Waals surface area contributed by atoms with E-state index < -0.39 is 0 Å². The standard InChI is InChI=1S/C21H19N3O3S/c25-19-9-13-28-21(24(19)23-20(26)15-7-10-22-11-8-15)18-6-2-1-4-16(18)14-17-5-3-12-27-17/h1-8,10-12,21H,9,13-14H2,(H,23,26). The maximum Gasteiger partial charge on any atom is 0.270 e. The van der Waals surface area contributed by atoms with Crippen LogP contribution in [-0.2, 0) is 11.2 Å². The fourth-order valence-corrected chi connectivity index (χ4v) is 4.39. The zero-order chi connectivity index (χ0) is 19.3. The number of carbonyl (C=O) groups excluding carboxylic acids is 2. The van der Waals surface area contributed by atoms with Gasteiger partial charge in [-0.15, -0.1) is 11.8 Å². The lowest BCUT2D eigenvalue weighted by Crippen LogP contribution is -2.49. The van der Waals surface area contributed by atoms with Crippen molar-refractivity contribution in [3.8, 4) is 0 Å². The van der Waals surface area contributed by atoms with E-state index >= 15 is 0 Å². The first-order chi connectivity index (χ1) is 13.7. The lowest BCUT2D eigenvalue weighted by Gasteiger charge is -2.36. The molecule has 1 aromatic carbocycles. The van der Waals surface area contributed by atoms with Gasteiger partial charge in [-0.1, -0.05) is 24.3 Å². The molecular formula is C21H19N3O3S. The van der Waals surface area contributed by atoms with Crippen LogP contribution in [-0.4, -0.2) is 27.6 Å². The maximum absolute atomic E-state index is 12.6. The van der Waals surface area contributed by atoms with E-state index in [1.54, 1.807) is 42.6 Å². The number of furan rings is 1. The molecule has 1 saturated heterocycles. The van der Waals surface area contributed by atoms with E-state index in [1.165, 1.54) is 5.01 Å². The van der Waals surface area contributed by atoms with Crippen LogP contribution in [0.4, 0.5) is 0 Å². The molecule has 2 amide bonds. The third-order valence-corrected chi connectivity index (χ3v) is 5.75. The molecule has 1 aliphatic heterocycles. The molecule has 28 heavy (non-hydrogen) atoms. The third-order valence-electron chi connectivity index (χ3n) is 4.53.